The van der Waals surface area contributed by atoms with Crippen molar-refractivity contribution in [1.29, 1.82) is 0 Å². The molecule has 66 valence electrons. The predicted octanol–water partition coefficient (Wildman–Crippen LogP) is 2.06. The van der Waals surface area contributed by atoms with Gasteiger partial charge in [-0.2, -0.15) is 0 Å². The molecule has 2 nitrogen and oxygen atoms in total. The summed E-state index contributed by atoms with van der Waals surface area (Å²) in [4.78, 5) is 23.3. The first-order valence-corrected chi connectivity index (χ1v) is 4.94. The van der Waals surface area contributed by atoms with E-state index in [1.54, 1.807) is 0 Å². The molecule has 0 saturated carbocycles. The standard InChI is InChI=1S/C10H8O2S/c1-2-6-4-3-5-7-8(6)9(11)10(12)13-7/h3-5H,2H2,1H3. The van der Waals surface area contributed by atoms with E-state index < -0.39 is 0 Å². The highest BCUT2D eigenvalue weighted by Crippen LogP contribution is 2.34. The van der Waals surface area contributed by atoms with Crippen LogP contribution in [-0.2, 0) is 11.2 Å². The molecule has 1 aromatic carbocycles. The van der Waals surface area contributed by atoms with Crippen molar-refractivity contribution in [2.75, 3.05) is 0 Å². The second-order valence-corrected chi connectivity index (χ2v) is 3.88. The Hall–Kier alpha value is -1.09. The van der Waals surface area contributed by atoms with E-state index in [1.165, 1.54) is 0 Å². The number of rotatable bonds is 1. The van der Waals surface area contributed by atoms with Crippen LogP contribution in [-0.4, -0.2) is 10.9 Å². The Bertz CT molecular complexity index is 396. The molecular formula is C10H8O2S. The lowest BCUT2D eigenvalue weighted by molar-refractivity contribution is -0.107. The molecule has 0 aromatic heterocycles. The summed E-state index contributed by atoms with van der Waals surface area (Å²) in [6.45, 7) is 1.98. The van der Waals surface area contributed by atoms with Gasteiger partial charge in [0.05, 0.1) is 0 Å². The van der Waals surface area contributed by atoms with E-state index in [0.29, 0.717) is 5.56 Å². The SMILES string of the molecule is CCc1cccc2c1C(=O)C(=O)S2. The van der Waals surface area contributed by atoms with E-state index in [-0.39, 0.29) is 10.9 Å². The molecule has 2 rings (SSSR count). The van der Waals surface area contributed by atoms with Gasteiger partial charge in [-0.05, 0) is 29.8 Å². The molecule has 13 heavy (non-hydrogen) atoms. The van der Waals surface area contributed by atoms with Crippen molar-refractivity contribution in [3.8, 4) is 0 Å². The molecule has 1 heterocycles. The molecule has 0 atom stereocenters. The monoisotopic (exact) mass is 192 g/mol. The molecule has 0 spiro atoms. The lowest BCUT2D eigenvalue weighted by atomic mass is 10.0. The van der Waals surface area contributed by atoms with Gasteiger partial charge in [-0.1, -0.05) is 19.1 Å². The summed E-state index contributed by atoms with van der Waals surface area (Å²) >= 11 is 1.04. The minimum atomic E-state index is -0.351. The van der Waals surface area contributed by atoms with Gasteiger partial charge in [-0.3, -0.25) is 9.59 Å². The first-order chi connectivity index (χ1) is 6.24. The Kier molecular flexibility index (Phi) is 1.96. The summed E-state index contributed by atoms with van der Waals surface area (Å²) in [5.74, 6) is -0.336. The number of carbonyl (C=O) groups is 2. The van der Waals surface area contributed by atoms with Crippen molar-refractivity contribution in [3.63, 3.8) is 0 Å². The van der Waals surface area contributed by atoms with Gasteiger partial charge in [-0.15, -0.1) is 0 Å². The quantitative estimate of drug-likeness (QED) is 0.639. The van der Waals surface area contributed by atoms with Crippen molar-refractivity contribution < 1.29 is 9.59 Å². The van der Waals surface area contributed by atoms with Crippen LogP contribution in [0.2, 0.25) is 0 Å². The van der Waals surface area contributed by atoms with Crippen molar-refractivity contribution in [1.82, 2.24) is 0 Å². The molecule has 0 unspecified atom stereocenters. The van der Waals surface area contributed by atoms with Gasteiger partial charge in [-0.25, -0.2) is 0 Å². The third-order valence-corrected chi connectivity index (χ3v) is 3.04. The summed E-state index contributed by atoms with van der Waals surface area (Å²) in [7, 11) is 0. The van der Waals surface area contributed by atoms with E-state index in [2.05, 4.69) is 0 Å². The third-order valence-electron chi connectivity index (χ3n) is 2.11. The van der Waals surface area contributed by atoms with E-state index >= 15 is 0 Å². The maximum absolute atomic E-state index is 11.4. The van der Waals surface area contributed by atoms with Crippen LogP contribution in [0.5, 0.6) is 0 Å². The van der Waals surface area contributed by atoms with Crippen LogP contribution in [0.4, 0.5) is 0 Å². The Morgan fingerprint density at radius 2 is 2.08 bits per heavy atom. The van der Waals surface area contributed by atoms with Crippen LogP contribution in [0.15, 0.2) is 23.1 Å². The van der Waals surface area contributed by atoms with Crippen LogP contribution in [0.3, 0.4) is 0 Å². The highest BCUT2D eigenvalue weighted by Gasteiger charge is 2.30. The van der Waals surface area contributed by atoms with Gasteiger partial charge in [0, 0.05) is 10.5 Å². The summed E-state index contributed by atoms with van der Waals surface area (Å²) in [5.41, 5.74) is 1.60. The third kappa shape index (κ3) is 1.20. The minimum absolute atomic E-state index is 0.336. The molecule has 0 bridgehead atoms. The average Bonchev–Trinajstić information content (AvgIpc) is 2.43. The van der Waals surface area contributed by atoms with Crippen molar-refractivity contribution >= 4 is 22.7 Å². The topological polar surface area (TPSA) is 34.1 Å². The molecule has 0 fully saturated rings. The van der Waals surface area contributed by atoms with E-state index in [9.17, 15) is 9.59 Å². The molecule has 1 aliphatic heterocycles. The molecule has 0 radical (unpaired) electrons. The maximum atomic E-state index is 11.4. The Balaban J connectivity index is 2.64. The van der Waals surface area contributed by atoms with Crippen LogP contribution in [0.1, 0.15) is 22.8 Å². The van der Waals surface area contributed by atoms with Gasteiger partial charge < -0.3 is 0 Å². The van der Waals surface area contributed by atoms with Crippen LogP contribution >= 0.6 is 11.8 Å². The molecular weight excluding hydrogens is 184 g/mol. The van der Waals surface area contributed by atoms with Crippen molar-refractivity contribution in [3.05, 3.63) is 29.3 Å². The van der Waals surface area contributed by atoms with Gasteiger partial charge in [0.1, 0.15) is 0 Å². The lowest BCUT2D eigenvalue weighted by Gasteiger charge is -2.01. The highest BCUT2D eigenvalue weighted by molar-refractivity contribution is 8.16. The first kappa shape index (κ1) is 8.51. The van der Waals surface area contributed by atoms with Gasteiger partial charge in [0.2, 0.25) is 5.78 Å². The zero-order valence-electron chi connectivity index (χ0n) is 7.16. The van der Waals surface area contributed by atoms with Crippen LogP contribution in [0, 0.1) is 0 Å². The number of carbonyl (C=O) groups excluding carboxylic acids is 2. The number of hydrogen-bond acceptors (Lipinski definition) is 3. The number of hydrogen-bond donors (Lipinski definition) is 0. The highest BCUT2D eigenvalue weighted by atomic mass is 32.2. The fourth-order valence-electron chi connectivity index (χ4n) is 1.46. The average molecular weight is 192 g/mol. The Morgan fingerprint density at radius 1 is 1.31 bits per heavy atom. The van der Waals surface area contributed by atoms with E-state index in [4.69, 9.17) is 0 Å². The second kappa shape index (κ2) is 3.00. The fourth-order valence-corrected chi connectivity index (χ4v) is 2.33. The van der Waals surface area contributed by atoms with Gasteiger partial charge in [0.15, 0.2) is 0 Å². The summed E-state index contributed by atoms with van der Waals surface area (Å²) in [6.07, 6.45) is 0.794. The van der Waals surface area contributed by atoms with Crippen LogP contribution in [0.25, 0.3) is 0 Å². The summed E-state index contributed by atoms with van der Waals surface area (Å²) in [5, 5.41) is -0.351. The molecule has 1 aliphatic rings. The Labute approximate surface area is 80.3 Å². The molecule has 1 aromatic rings. The lowest BCUT2D eigenvalue weighted by Crippen LogP contribution is -2.05. The molecule has 3 heteroatoms. The molecule has 0 amide bonds. The van der Waals surface area contributed by atoms with Crippen LogP contribution < -0.4 is 0 Å². The first-order valence-electron chi connectivity index (χ1n) is 4.12. The van der Waals surface area contributed by atoms with Crippen molar-refractivity contribution in [2.24, 2.45) is 0 Å². The maximum Gasteiger partial charge on any atom is 0.264 e. The number of benzene rings is 1. The summed E-state index contributed by atoms with van der Waals surface area (Å²) in [6, 6.07) is 5.61. The number of ketones is 1. The molecule has 0 saturated heterocycles. The smallest absolute Gasteiger partial charge is 0.264 e. The number of fused-ring (bicyclic) bond motifs is 1. The second-order valence-electron chi connectivity index (χ2n) is 2.86. The molecule has 0 N–H and O–H groups in total. The van der Waals surface area contributed by atoms with Gasteiger partial charge in [0.25, 0.3) is 5.12 Å². The largest absolute Gasteiger partial charge is 0.284 e. The van der Waals surface area contributed by atoms with Gasteiger partial charge >= 0.3 is 0 Å². The van der Waals surface area contributed by atoms with E-state index in [0.717, 1.165) is 28.6 Å². The minimum Gasteiger partial charge on any atom is -0.284 e. The zero-order chi connectivity index (χ0) is 9.42. The predicted molar refractivity (Wildman–Crippen MR) is 51.0 cm³/mol. The number of Topliss-reactive ketones (excluding diaryl/α,β-unsaturated/α-hetero) is 1. The van der Waals surface area contributed by atoms with E-state index in [1.807, 2.05) is 25.1 Å². The Morgan fingerprint density at radius 3 is 2.77 bits per heavy atom. The normalized spacial score (nSPS) is 14.8. The molecule has 0 aliphatic carbocycles. The zero-order valence-corrected chi connectivity index (χ0v) is 7.98. The van der Waals surface area contributed by atoms with Crippen molar-refractivity contribution in [2.45, 2.75) is 18.2 Å². The number of thioether (sulfide) groups is 1. The number of aryl methyl sites for hydroxylation is 1. The summed E-state index contributed by atoms with van der Waals surface area (Å²) < 4.78 is 0. The fraction of sp³-hybridized carbons (Fsp3) is 0.200.